The van der Waals surface area contributed by atoms with Crippen molar-refractivity contribution in [2.45, 2.75) is 80.9 Å². The van der Waals surface area contributed by atoms with Gasteiger partial charge < -0.3 is 9.97 Å². The zero-order valence-corrected chi connectivity index (χ0v) is 37.2. The average Bonchev–Trinajstić information content (AvgIpc) is 3.48. The van der Waals surface area contributed by atoms with E-state index >= 15 is 0 Å². The van der Waals surface area contributed by atoms with Crippen LogP contribution in [0.4, 0.5) is 0 Å². The van der Waals surface area contributed by atoms with Crippen LogP contribution in [0.2, 0.25) is 19.6 Å². The van der Waals surface area contributed by atoms with E-state index in [-0.39, 0.29) is 20.1 Å². The van der Waals surface area contributed by atoms with E-state index in [1.54, 1.807) is 0 Å². The van der Waals surface area contributed by atoms with Crippen LogP contribution in [-0.4, -0.2) is 18.0 Å². The van der Waals surface area contributed by atoms with Crippen LogP contribution in [0.3, 0.4) is 0 Å². The van der Waals surface area contributed by atoms with E-state index in [1.807, 2.05) is 23.6 Å². The maximum Gasteiger partial charge on any atom is 0.0798 e. The summed E-state index contributed by atoms with van der Waals surface area (Å²) in [6.07, 6.45) is 6.25. The average molecular weight is 909 g/mol. The number of pyridine rings is 2. The quantitative estimate of drug-likeness (QED) is 0.112. The summed E-state index contributed by atoms with van der Waals surface area (Å²) >= 11 is 1.86. The van der Waals surface area contributed by atoms with Gasteiger partial charge in [0.1, 0.15) is 0 Å². The van der Waals surface area contributed by atoms with Gasteiger partial charge in [0.2, 0.25) is 0 Å². The summed E-state index contributed by atoms with van der Waals surface area (Å²) in [5.74, 6) is 1.29. The molecule has 1 radical (unpaired) electrons. The molecule has 0 aliphatic heterocycles. The van der Waals surface area contributed by atoms with Crippen LogP contribution in [0.25, 0.3) is 53.8 Å². The second-order valence-corrected chi connectivity index (χ2v) is 22.2. The molecule has 3 aromatic heterocycles. The molecule has 275 valence electrons. The van der Waals surface area contributed by atoms with Crippen molar-refractivity contribution in [2.24, 2.45) is 11.8 Å². The van der Waals surface area contributed by atoms with Gasteiger partial charge in [0.05, 0.1) is 8.07 Å². The van der Waals surface area contributed by atoms with Gasteiger partial charge in [-0.3, -0.25) is 0 Å². The third-order valence-electron chi connectivity index (χ3n) is 9.67. The van der Waals surface area contributed by atoms with Gasteiger partial charge in [-0.05, 0) is 75.5 Å². The fraction of sp³-hybridized carbons (Fsp3) is 0.292. The van der Waals surface area contributed by atoms with E-state index in [2.05, 4.69) is 165 Å². The van der Waals surface area contributed by atoms with Crippen LogP contribution in [0.5, 0.6) is 0 Å². The van der Waals surface area contributed by atoms with Gasteiger partial charge in [0, 0.05) is 37.2 Å². The molecule has 7 rings (SSSR count). The SMILES string of the molecule is Cc1c[c-]c(-c2cc(CC(C)C)c([Si](C)(C)C)cn2)cc1C.Cc1ccc(-c2cccc3c2sc2c(-c4cc(CC(C)C)ccn4)[c-]ccc23)cc1.[Ir]. The Bertz CT molecular complexity index is 2330. The minimum Gasteiger partial charge on any atom is -0.305 e. The van der Waals surface area contributed by atoms with E-state index in [0.29, 0.717) is 11.8 Å². The Hall–Kier alpha value is -3.73. The van der Waals surface area contributed by atoms with Crippen LogP contribution in [0, 0.1) is 44.7 Å². The molecule has 5 heteroatoms. The van der Waals surface area contributed by atoms with Gasteiger partial charge in [-0.25, -0.2) is 0 Å². The normalized spacial score (nSPS) is 11.5. The van der Waals surface area contributed by atoms with Gasteiger partial charge in [-0.15, -0.1) is 58.7 Å². The van der Waals surface area contributed by atoms with Gasteiger partial charge in [-0.2, -0.15) is 11.3 Å². The predicted octanol–water partition coefficient (Wildman–Crippen LogP) is 13.0. The molecule has 0 N–H and O–H groups in total. The summed E-state index contributed by atoms with van der Waals surface area (Å²) in [5.41, 5.74) is 13.5. The van der Waals surface area contributed by atoms with E-state index in [0.717, 1.165) is 35.4 Å². The van der Waals surface area contributed by atoms with Crippen molar-refractivity contribution < 1.29 is 20.1 Å². The van der Waals surface area contributed by atoms with Gasteiger partial charge in [-0.1, -0.05) is 138 Å². The molecule has 53 heavy (non-hydrogen) atoms. The monoisotopic (exact) mass is 909 g/mol. The molecular weight excluding hydrogens is 857 g/mol. The number of aryl methyl sites for hydroxylation is 3. The minimum atomic E-state index is -1.36. The summed E-state index contributed by atoms with van der Waals surface area (Å²) in [7, 11) is -1.36. The number of thiophene rings is 1. The van der Waals surface area contributed by atoms with E-state index in [4.69, 9.17) is 9.97 Å². The minimum absolute atomic E-state index is 0. The second kappa shape index (κ2) is 17.2. The molecule has 0 atom stereocenters. The molecule has 7 aromatic rings. The number of nitrogens with zero attached hydrogens (tertiary/aromatic N) is 2. The van der Waals surface area contributed by atoms with E-state index in [9.17, 15) is 0 Å². The topological polar surface area (TPSA) is 25.8 Å². The third kappa shape index (κ3) is 9.50. The van der Waals surface area contributed by atoms with Crippen LogP contribution in [0.1, 0.15) is 55.5 Å². The molecule has 0 saturated heterocycles. The number of hydrogen-bond donors (Lipinski definition) is 0. The Labute approximate surface area is 336 Å². The Balaban J connectivity index is 0.000000211. The fourth-order valence-electron chi connectivity index (χ4n) is 6.87. The Morgan fingerprint density at radius 3 is 2.11 bits per heavy atom. The van der Waals surface area contributed by atoms with Crippen molar-refractivity contribution in [1.82, 2.24) is 9.97 Å². The van der Waals surface area contributed by atoms with Crippen molar-refractivity contribution in [3.63, 3.8) is 0 Å². The molecule has 0 amide bonds. The molecule has 0 fully saturated rings. The first-order valence-corrected chi connectivity index (χ1v) is 23.0. The van der Waals surface area contributed by atoms with Gasteiger partial charge in [0.25, 0.3) is 0 Å². The van der Waals surface area contributed by atoms with Crippen LogP contribution in [0.15, 0.2) is 97.3 Å². The smallest absolute Gasteiger partial charge is 0.0798 e. The van der Waals surface area contributed by atoms with Crippen molar-refractivity contribution >= 4 is 44.8 Å². The summed E-state index contributed by atoms with van der Waals surface area (Å²) in [6, 6.07) is 37.5. The molecule has 0 saturated carbocycles. The zero-order valence-electron chi connectivity index (χ0n) is 32.9. The zero-order chi connectivity index (χ0) is 37.2. The first-order chi connectivity index (χ1) is 24.8. The molecule has 0 bridgehead atoms. The fourth-order valence-corrected chi connectivity index (χ4v) is 9.80. The maximum atomic E-state index is 4.76. The maximum absolute atomic E-state index is 4.76. The van der Waals surface area contributed by atoms with Crippen LogP contribution >= 0.6 is 11.3 Å². The summed E-state index contributed by atoms with van der Waals surface area (Å²) in [6.45, 7) is 22.7. The summed E-state index contributed by atoms with van der Waals surface area (Å²) < 4.78 is 2.59. The van der Waals surface area contributed by atoms with Gasteiger partial charge >= 0.3 is 0 Å². The molecular formula is C48H52IrN2SSi-2. The number of benzene rings is 4. The number of fused-ring (bicyclic) bond motifs is 3. The largest absolute Gasteiger partial charge is 0.305 e. The molecule has 0 aliphatic rings. The van der Waals surface area contributed by atoms with E-state index < -0.39 is 8.07 Å². The molecule has 0 aliphatic carbocycles. The molecule has 2 nitrogen and oxygen atoms in total. The number of hydrogen-bond acceptors (Lipinski definition) is 3. The Morgan fingerprint density at radius 2 is 1.43 bits per heavy atom. The van der Waals surface area contributed by atoms with Crippen molar-refractivity contribution in [3.8, 4) is 33.6 Å². The van der Waals surface area contributed by atoms with Crippen molar-refractivity contribution in [1.29, 1.82) is 0 Å². The molecule has 0 unspecified atom stereocenters. The summed E-state index contributed by atoms with van der Waals surface area (Å²) in [5, 5.41) is 4.09. The molecule has 3 heterocycles. The molecule has 0 spiro atoms. The summed E-state index contributed by atoms with van der Waals surface area (Å²) in [4.78, 5) is 9.46. The van der Waals surface area contributed by atoms with E-state index in [1.165, 1.54) is 64.3 Å². The van der Waals surface area contributed by atoms with Crippen LogP contribution < -0.4 is 5.19 Å². The predicted molar refractivity (Wildman–Crippen MR) is 230 cm³/mol. The van der Waals surface area contributed by atoms with Crippen molar-refractivity contribution in [3.05, 3.63) is 137 Å². The second-order valence-electron chi connectivity index (χ2n) is 16.2. The molecule has 4 aromatic carbocycles. The number of rotatable bonds is 8. The standard InChI is InChI=1S/C28H24NS.C20H28NSi.Ir/c1-18(2)16-20-14-15-29-26(17-20)25-9-5-8-24-23-7-4-6-22(27(23)30-28(24)25)21-12-10-19(3)11-13-21;1-14(2)10-18-12-19(21-13-20(18)22(5,6)7)17-9-8-15(3)16(4)11-17;/h4-8,10-15,17-18H,16H2,1-3H3;8,11-14H,10H2,1-7H3;/q2*-1;. The van der Waals surface area contributed by atoms with Crippen LogP contribution in [-0.2, 0) is 32.9 Å². The van der Waals surface area contributed by atoms with Crippen molar-refractivity contribution in [2.75, 3.05) is 0 Å². The Morgan fingerprint density at radius 1 is 0.717 bits per heavy atom. The third-order valence-corrected chi connectivity index (χ3v) is 13.0. The first kappa shape index (κ1) is 40.5. The Kier molecular flexibility index (Phi) is 13.1. The number of aromatic nitrogens is 2. The first-order valence-electron chi connectivity index (χ1n) is 18.7. The van der Waals surface area contributed by atoms with Gasteiger partial charge in [0.15, 0.2) is 0 Å².